The fourth-order valence-electron chi connectivity index (χ4n) is 3.68. The third-order valence-electron chi connectivity index (χ3n) is 5.32. The van der Waals surface area contributed by atoms with E-state index in [9.17, 15) is 4.79 Å². The Hall–Kier alpha value is -2.83. The van der Waals surface area contributed by atoms with Gasteiger partial charge in [-0.3, -0.25) is 4.79 Å². The number of para-hydroxylation sites is 3. The second kappa shape index (κ2) is 11.3. The first-order chi connectivity index (χ1) is 16.1. The number of benzene rings is 3. The molecule has 33 heavy (non-hydrogen) atoms. The summed E-state index contributed by atoms with van der Waals surface area (Å²) in [5.74, 6) is 1.66. The average molecular weight is 527 g/mol. The standard InChI is InChI=1S/C26H25BrClN3O2/c27-20-14-12-19(13-15-20)26(32)29-16-5-11-25-30-22-8-2-3-9-23(22)31(25)17-6-18-33-24-10-4-1-7-21(24)28/h1-4,7-10,12-15H,5-6,11,16-18H2,(H,29,32). The molecule has 1 amide bonds. The van der Waals surface area contributed by atoms with Crippen molar-refractivity contribution < 1.29 is 9.53 Å². The number of carbonyl (C=O) groups excluding carboxylic acids is 1. The molecule has 0 unspecified atom stereocenters. The van der Waals surface area contributed by atoms with Gasteiger partial charge in [0.05, 0.1) is 22.7 Å². The quantitative estimate of drug-likeness (QED) is 0.247. The first-order valence-electron chi connectivity index (χ1n) is 11.0. The van der Waals surface area contributed by atoms with Crippen LogP contribution in [0.25, 0.3) is 11.0 Å². The number of hydrogen-bond donors (Lipinski definition) is 1. The van der Waals surface area contributed by atoms with E-state index in [-0.39, 0.29) is 5.91 Å². The topological polar surface area (TPSA) is 56.2 Å². The van der Waals surface area contributed by atoms with Gasteiger partial charge in [0.25, 0.3) is 5.91 Å². The minimum Gasteiger partial charge on any atom is -0.492 e. The van der Waals surface area contributed by atoms with E-state index >= 15 is 0 Å². The summed E-state index contributed by atoms with van der Waals surface area (Å²) in [5.41, 5.74) is 2.76. The van der Waals surface area contributed by atoms with Gasteiger partial charge in [-0.2, -0.15) is 0 Å². The molecule has 0 bridgehead atoms. The molecule has 0 spiro atoms. The van der Waals surface area contributed by atoms with Crippen LogP contribution in [0.1, 0.15) is 29.0 Å². The number of carbonyl (C=O) groups is 1. The number of nitrogens with one attached hydrogen (secondary N) is 1. The zero-order valence-electron chi connectivity index (χ0n) is 18.1. The van der Waals surface area contributed by atoms with Crippen molar-refractivity contribution in [3.05, 3.63) is 93.7 Å². The van der Waals surface area contributed by atoms with Crippen LogP contribution < -0.4 is 10.1 Å². The van der Waals surface area contributed by atoms with Crippen molar-refractivity contribution in [3.8, 4) is 5.75 Å². The molecule has 1 N–H and O–H groups in total. The number of hydrogen-bond acceptors (Lipinski definition) is 3. The van der Waals surface area contributed by atoms with Crippen molar-refractivity contribution in [1.29, 1.82) is 0 Å². The SMILES string of the molecule is O=C(NCCCc1nc2ccccc2n1CCCOc1ccccc1Cl)c1ccc(Br)cc1. The molecule has 0 aliphatic carbocycles. The molecule has 0 aliphatic heterocycles. The lowest BCUT2D eigenvalue weighted by Crippen LogP contribution is -2.25. The van der Waals surface area contributed by atoms with E-state index in [1.165, 1.54) is 0 Å². The highest BCUT2D eigenvalue weighted by molar-refractivity contribution is 9.10. The molecule has 1 aromatic heterocycles. The summed E-state index contributed by atoms with van der Waals surface area (Å²) < 4.78 is 9.05. The van der Waals surface area contributed by atoms with E-state index in [2.05, 4.69) is 31.9 Å². The Labute approximate surface area is 206 Å². The van der Waals surface area contributed by atoms with Crippen molar-refractivity contribution in [2.45, 2.75) is 25.8 Å². The molecule has 4 aromatic rings. The van der Waals surface area contributed by atoms with Crippen molar-refractivity contribution in [3.63, 3.8) is 0 Å². The number of amides is 1. The Bertz CT molecular complexity index is 1220. The monoisotopic (exact) mass is 525 g/mol. The summed E-state index contributed by atoms with van der Waals surface area (Å²) in [7, 11) is 0. The highest BCUT2D eigenvalue weighted by atomic mass is 79.9. The molecule has 170 valence electrons. The summed E-state index contributed by atoms with van der Waals surface area (Å²) in [6.45, 7) is 1.96. The number of imidazole rings is 1. The number of nitrogens with zero attached hydrogens (tertiary/aromatic N) is 2. The molecule has 4 rings (SSSR count). The lowest BCUT2D eigenvalue weighted by atomic mass is 10.2. The van der Waals surface area contributed by atoms with Crippen LogP contribution in [0.3, 0.4) is 0 Å². The van der Waals surface area contributed by atoms with Crippen molar-refractivity contribution >= 4 is 44.5 Å². The summed E-state index contributed by atoms with van der Waals surface area (Å²) in [6, 6.07) is 23.0. The molecule has 0 atom stereocenters. The van der Waals surface area contributed by atoms with Gasteiger partial charge in [-0.15, -0.1) is 0 Å². The first kappa shape index (κ1) is 23.3. The third kappa shape index (κ3) is 6.15. The highest BCUT2D eigenvalue weighted by Gasteiger charge is 2.11. The van der Waals surface area contributed by atoms with Gasteiger partial charge in [-0.05, 0) is 61.4 Å². The zero-order valence-corrected chi connectivity index (χ0v) is 20.5. The normalized spacial score (nSPS) is 11.0. The molecule has 3 aromatic carbocycles. The largest absolute Gasteiger partial charge is 0.492 e. The van der Waals surface area contributed by atoms with E-state index < -0.39 is 0 Å². The van der Waals surface area contributed by atoms with E-state index in [1.807, 2.05) is 66.7 Å². The number of aromatic nitrogens is 2. The van der Waals surface area contributed by atoms with Gasteiger partial charge >= 0.3 is 0 Å². The maximum absolute atomic E-state index is 12.3. The smallest absolute Gasteiger partial charge is 0.251 e. The van der Waals surface area contributed by atoms with E-state index in [1.54, 1.807) is 0 Å². The molecule has 0 saturated carbocycles. The molecule has 0 radical (unpaired) electrons. The molecular formula is C26H25BrClN3O2. The van der Waals surface area contributed by atoms with Gasteiger partial charge in [-0.1, -0.05) is 51.8 Å². The number of rotatable bonds is 10. The van der Waals surface area contributed by atoms with Gasteiger partial charge in [0.15, 0.2) is 0 Å². The Morgan fingerprint density at radius 1 is 1.00 bits per heavy atom. The van der Waals surface area contributed by atoms with Crippen LogP contribution in [0.4, 0.5) is 0 Å². The van der Waals surface area contributed by atoms with E-state index in [0.29, 0.717) is 29.5 Å². The minimum atomic E-state index is -0.0623. The van der Waals surface area contributed by atoms with Crippen LogP contribution in [0.2, 0.25) is 5.02 Å². The Morgan fingerprint density at radius 2 is 1.76 bits per heavy atom. The molecule has 0 aliphatic rings. The lowest BCUT2D eigenvalue weighted by Gasteiger charge is -2.11. The maximum atomic E-state index is 12.3. The highest BCUT2D eigenvalue weighted by Crippen LogP contribution is 2.23. The van der Waals surface area contributed by atoms with Gasteiger partial charge < -0.3 is 14.6 Å². The van der Waals surface area contributed by atoms with Crippen molar-refractivity contribution in [2.75, 3.05) is 13.2 Å². The van der Waals surface area contributed by atoms with Crippen LogP contribution >= 0.6 is 27.5 Å². The summed E-state index contributed by atoms with van der Waals surface area (Å²) in [6.07, 6.45) is 2.42. The van der Waals surface area contributed by atoms with Crippen molar-refractivity contribution in [1.82, 2.24) is 14.9 Å². The Balaban J connectivity index is 1.33. The predicted molar refractivity (Wildman–Crippen MR) is 136 cm³/mol. The number of fused-ring (bicyclic) bond motifs is 1. The second-order valence-electron chi connectivity index (χ2n) is 7.67. The second-order valence-corrected chi connectivity index (χ2v) is 8.99. The summed E-state index contributed by atoms with van der Waals surface area (Å²) in [4.78, 5) is 17.2. The Kier molecular flexibility index (Phi) is 8.02. The number of halogens is 2. The van der Waals surface area contributed by atoms with Gasteiger partial charge in [0.2, 0.25) is 0 Å². The van der Waals surface area contributed by atoms with Crippen molar-refractivity contribution in [2.24, 2.45) is 0 Å². The number of aryl methyl sites for hydroxylation is 2. The van der Waals surface area contributed by atoms with Gasteiger partial charge in [0.1, 0.15) is 11.6 Å². The van der Waals surface area contributed by atoms with Crippen LogP contribution in [0, 0.1) is 0 Å². The van der Waals surface area contributed by atoms with E-state index in [4.69, 9.17) is 21.3 Å². The van der Waals surface area contributed by atoms with Crippen LogP contribution in [0.5, 0.6) is 5.75 Å². The number of ether oxygens (including phenoxy) is 1. The molecule has 0 fully saturated rings. The molecule has 7 heteroatoms. The van der Waals surface area contributed by atoms with Crippen LogP contribution in [-0.4, -0.2) is 28.6 Å². The fraction of sp³-hybridized carbons (Fsp3) is 0.231. The average Bonchev–Trinajstić information content (AvgIpc) is 3.18. The zero-order chi connectivity index (χ0) is 23.0. The van der Waals surface area contributed by atoms with Gasteiger partial charge in [-0.25, -0.2) is 4.98 Å². The van der Waals surface area contributed by atoms with Gasteiger partial charge in [0, 0.05) is 29.5 Å². The van der Waals surface area contributed by atoms with Crippen LogP contribution in [0.15, 0.2) is 77.3 Å². The molecule has 0 saturated heterocycles. The maximum Gasteiger partial charge on any atom is 0.251 e. The van der Waals surface area contributed by atoms with E-state index in [0.717, 1.165) is 47.1 Å². The first-order valence-corrected chi connectivity index (χ1v) is 12.1. The molecular weight excluding hydrogens is 502 g/mol. The fourth-order valence-corrected chi connectivity index (χ4v) is 4.14. The molecule has 5 nitrogen and oxygen atoms in total. The summed E-state index contributed by atoms with van der Waals surface area (Å²) in [5, 5.41) is 3.62. The molecule has 1 heterocycles. The van der Waals surface area contributed by atoms with Crippen LogP contribution in [-0.2, 0) is 13.0 Å². The Morgan fingerprint density at radius 3 is 2.58 bits per heavy atom. The third-order valence-corrected chi connectivity index (χ3v) is 6.16. The summed E-state index contributed by atoms with van der Waals surface area (Å²) >= 11 is 9.56. The minimum absolute atomic E-state index is 0.0623. The predicted octanol–water partition coefficient (Wildman–Crippen LogP) is 6.28. The lowest BCUT2D eigenvalue weighted by molar-refractivity contribution is 0.0953.